The molecule has 1 aliphatic heterocycles. The maximum atomic E-state index is 12.3. The van der Waals surface area contributed by atoms with Crippen LogP contribution < -0.4 is 16.4 Å². The molecular formula is C15H22ClN3O2S. The standard InChI is InChI=1S/C15H21N3O2S.ClH/c16-14(19)7-10-21-13-4-2-1-3-12(13)18-15(20)11-5-8-17-9-6-11;/h1-4,11,17H,5-10H2,(H2,16,19)(H,18,20);1H. The van der Waals surface area contributed by atoms with Gasteiger partial charge in [-0.2, -0.15) is 0 Å². The number of carbonyl (C=O) groups is 2. The summed E-state index contributed by atoms with van der Waals surface area (Å²) in [4.78, 5) is 24.0. The van der Waals surface area contributed by atoms with E-state index in [-0.39, 0.29) is 30.1 Å². The molecule has 2 amide bonds. The Kier molecular flexibility index (Phi) is 8.30. The molecule has 0 aromatic heterocycles. The topological polar surface area (TPSA) is 84.2 Å². The van der Waals surface area contributed by atoms with Crippen molar-refractivity contribution in [1.29, 1.82) is 0 Å². The lowest BCUT2D eigenvalue weighted by atomic mass is 9.97. The maximum absolute atomic E-state index is 12.3. The largest absolute Gasteiger partial charge is 0.370 e. The first-order valence-electron chi connectivity index (χ1n) is 7.18. The number of piperidine rings is 1. The van der Waals surface area contributed by atoms with Gasteiger partial charge in [0.15, 0.2) is 0 Å². The SMILES string of the molecule is Cl.NC(=O)CCSc1ccccc1NC(=O)C1CCNCC1. The monoisotopic (exact) mass is 343 g/mol. The lowest BCUT2D eigenvalue weighted by Gasteiger charge is -2.22. The van der Waals surface area contributed by atoms with Crippen LogP contribution in [0.5, 0.6) is 0 Å². The second-order valence-electron chi connectivity index (χ2n) is 5.07. The average Bonchev–Trinajstić information content (AvgIpc) is 2.49. The molecule has 7 heteroatoms. The number of primary amides is 1. The molecule has 4 N–H and O–H groups in total. The Balaban J connectivity index is 0.00000242. The van der Waals surface area contributed by atoms with Crippen molar-refractivity contribution in [3.63, 3.8) is 0 Å². The number of nitrogens with two attached hydrogens (primary N) is 1. The maximum Gasteiger partial charge on any atom is 0.227 e. The highest BCUT2D eigenvalue weighted by molar-refractivity contribution is 7.99. The molecule has 0 bridgehead atoms. The number of halogens is 1. The minimum atomic E-state index is -0.307. The average molecular weight is 344 g/mol. The van der Waals surface area contributed by atoms with E-state index in [1.54, 1.807) is 0 Å². The van der Waals surface area contributed by atoms with Crippen LogP contribution in [0.15, 0.2) is 29.2 Å². The molecule has 22 heavy (non-hydrogen) atoms. The third kappa shape index (κ3) is 5.87. The van der Waals surface area contributed by atoms with Gasteiger partial charge in [0.1, 0.15) is 0 Å². The molecule has 5 nitrogen and oxygen atoms in total. The number of nitrogens with one attached hydrogen (secondary N) is 2. The van der Waals surface area contributed by atoms with Crippen LogP contribution in [-0.2, 0) is 9.59 Å². The van der Waals surface area contributed by atoms with Gasteiger partial charge >= 0.3 is 0 Å². The van der Waals surface area contributed by atoms with Gasteiger partial charge in [0.2, 0.25) is 11.8 Å². The van der Waals surface area contributed by atoms with Crippen LogP contribution in [0, 0.1) is 5.92 Å². The summed E-state index contributed by atoms with van der Waals surface area (Å²) in [7, 11) is 0. The van der Waals surface area contributed by atoms with E-state index >= 15 is 0 Å². The summed E-state index contributed by atoms with van der Waals surface area (Å²) in [6, 6.07) is 7.66. The predicted octanol–water partition coefficient (Wildman–Crippen LogP) is 2.01. The van der Waals surface area contributed by atoms with Crippen molar-refractivity contribution < 1.29 is 9.59 Å². The first-order chi connectivity index (χ1) is 10.2. The Labute approximate surface area is 141 Å². The van der Waals surface area contributed by atoms with E-state index in [1.807, 2.05) is 24.3 Å². The Morgan fingerprint density at radius 3 is 2.64 bits per heavy atom. The van der Waals surface area contributed by atoms with E-state index in [9.17, 15) is 9.59 Å². The van der Waals surface area contributed by atoms with Crippen molar-refractivity contribution in [2.75, 3.05) is 24.2 Å². The minimum Gasteiger partial charge on any atom is -0.370 e. The highest BCUT2D eigenvalue weighted by Crippen LogP contribution is 2.28. The molecule has 0 atom stereocenters. The number of hydrogen-bond acceptors (Lipinski definition) is 4. The van der Waals surface area contributed by atoms with Gasteiger partial charge in [0.25, 0.3) is 0 Å². The van der Waals surface area contributed by atoms with E-state index in [4.69, 9.17) is 5.73 Å². The Morgan fingerprint density at radius 1 is 1.27 bits per heavy atom. The van der Waals surface area contributed by atoms with Crippen molar-refractivity contribution in [3.05, 3.63) is 24.3 Å². The molecule has 0 aliphatic carbocycles. The van der Waals surface area contributed by atoms with Crippen LogP contribution in [0.1, 0.15) is 19.3 Å². The lowest BCUT2D eigenvalue weighted by Crippen LogP contribution is -2.34. The number of benzene rings is 1. The van der Waals surface area contributed by atoms with Crippen LogP contribution in [0.2, 0.25) is 0 Å². The van der Waals surface area contributed by atoms with E-state index in [0.717, 1.165) is 36.5 Å². The molecule has 1 fully saturated rings. The van der Waals surface area contributed by atoms with Gasteiger partial charge in [0, 0.05) is 23.0 Å². The van der Waals surface area contributed by atoms with Gasteiger partial charge in [0.05, 0.1) is 5.69 Å². The van der Waals surface area contributed by atoms with Crippen LogP contribution in [-0.4, -0.2) is 30.7 Å². The summed E-state index contributed by atoms with van der Waals surface area (Å²) >= 11 is 1.54. The molecule has 122 valence electrons. The van der Waals surface area contributed by atoms with Crippen molar-refractivity contribution in [1.82, 2.24) is 5.32 Å². The van der Waals surface area contributed by atoms with E-state index in [0.29, 0.717) is 12.2 Å². The summed E-state index contributed by atoms with van der Waals surface area (Å²) in [6.45, 7) is 1.79. The summed E-state index contributed by atoms with van der Waals surface area (Å²) in [6.07, 6.45) is 2.09. The van der Waals surface area contributed by atoms with E-state index < -0.39 is 0 Å². The molecule has 0 saturated carbocycles. The number of rotatable bonds is 6. The number of hydrogen-bond donors (Lipinski definition) is 3. The minimum absolute atomic E-state index is 0. The molecule has 0 radical (unpaired) electrons. The van der Waals surface area contributed by atoms with Gasteiger partial charge < -0.3 is 16.4 Å². The number of para-hydroxylation sites is 1. The molecule has 1 aliphatic rings. The smallest absolute Gasteiger partial charge is 0.227 e. The number of thioether (sulfide) groups is 1. The van der Waals surface area contributed by atoms with Gasteiger partial charge in [-0.1, -0.05) is 12.1 Å². The number of anilines is 1. The summed E-state index contributed by atoms with van der Waals surface area (Å²) in [5.41, 5.74) is 5.96. The molecule has 1 saturated heterocycles. The van der Waals surface area contributed by atoms with Crippen molar-refractivity contribution in [2.45, 2.75) is 24.2 Å². The fraction of sp³-hybridized carbons (Fsp3) is 0.467. The van der Waals surface area contributed by atoms with Gasteiger partial charge in [-0.25, -0.2) is 0 Å². The zero-order valence-electron chi connectivity index (χ0n) is 12.3. The lowest BCUT2D eigenvalue weighted by molar-refractivity contribution is -0.120. The second-order valence-corrected chi connectivity index (χ2v) is 6.21. The first kappa shape index (κ1) is 18.8. The van der Waals surface area contributed by atoms with Gasteiger partial charge in [-0.3, -0.25) is 9.59 Å². The molecule has 1 aromatic rings. The predicted molar refractivity (Wildman–Crippen MR) is 92.4 cm³/mol. The zero-order chi connectivity index (χ0) is 15.1. The molecule has 1 aromatic carbocycles. The molecule has 1 heterocycles. The third-order valence-corrected chi connectivity index (χ3v) is 4.54. The van der Waals surface area contributed by atoms with Gasteiger partial charge in [-0.05, 0) is 38.1 Å². The molecular weight excluding hydrogens is 322 g/mol. The van der Waals surface area contributed by atoms with Crippen molar-refractivity contribution in [3.8, 4) is 0 Å². The Hall–Kier alpha value is -1.24. The van der Waals surface area contributed by atoms with E-state index in [2.05, 4.69) is 10.6 Å². The van der Waals surface area contributed by atoms with Crippen LogP contribution in [0.3, 0.4) is 0 Å². The third-order valence-electron chi connectivity index (χ3n) is 3.46. The van der Waals surface area contributed by atoms with Crippen LogP contribution >= 0.6 is 24.2 Å². The fourth-order valence-electron chi connectivity index (χ4n) is 2.28. The zero-order valence-corrected chi connectivity index (χ0v) is 14.0. The van der Waals surface area contributed by atoms with Crippen LogP contribution in [0.25, 0.3) is 0 Å². The normalized spacial score (nSPS) is 14.9. The fourth-order valence-corrected chi connectivity index (χ4v) is 3.25. The highest BCUT2D eigenvalue weighted by atomic mass is 35.5. The quantitative estimate of drug-likeness (QED) is 0.690. The molecule has 0 spiro atoms. The molecule has 0 unspecified atom stereocenters. The summed E-state index contributed by atoms with van der Waals surface area (Å²) in [5, 5.41) is 6.27. The van der Waals surface area contributed by atoms with Crippen molar-refractivity contribution in [2.24, 2.45) is 11.7 Å². The summed E-state index contributed by atoms with van der Waals surface area (Å²) in [5.74, 6) is 0.475. The highest BCUT2D eigenvalue weighted by Gasteiger charge is 2.21. The van der Waals surface area contributed by atoms with Crippen molar-refractivity contribution >= 4 is 41.7 Å². The number of amides is 2. The first-order valence-corrected chi connectivity index (χ1v) is 8.17. The summed E-state index contributed by atoms with van der Waals surface area (Å²) < 4.78 is 0. The van der Waals surface area contributed by atoms with Gasteiger partial charge in [-0.15, -0.1) is 24.2 Å². The Bertz CT molecular complexity index is 507. The Morgan fingerprint density at radius 2 is 1.95 bits per heavy atom. The number of carbonyl (C=O) groups excluding carboxylic acids is 2. The van der Waals surface area contributed by atoms with Crippen LogP contribution in [0.4, 0.5) is 5.69 Å². The molecule has 2 rings (SSSR count). The van der Waals surface area contributed by atoms with E-state index in [1.165, 1.54) is 11.8 Å². The second kappa shape index (κ2) is 9.71.